The Balaban J connectivity index is 1.25. The van der Waals surface area contributed by atoms with Gasteiger partial charge in [-0.05, 0) is 48.9 Å². The van der Waals surface area contributed by atoms with Gasteiger partial charge in [-0.3, -0.25) is 5.32 Å². The minimum absolute atomic E-state index is 0.345. The number of benzene rings is 3. The monoisotopic (exact) mass is 426 g/mol. The van der Waals surface area contributed by atoms with Gasteiger partial charge in [0.05, 0.1) is 10.2 Å². The summed E-state index contributed by atoms with van der Waals surface area (Å²) in [4.78, 5) is 17.0. The Hall–Kier alpha value is -3.97. The van der Waals surface area contributed by atoms with Crippen LogP contribution in [-0.2, 0) is 0 Å². The second-order valence-electron chi connectivity index (χ2n) is 7.09. The van der Waals surface area contributed by atoms with E-state index in [-0.39, 0.29) is 0 Å². The van der Waals surface area contributed by atoms with Gasteiger partial charge in [0, 0.05) is 22.9 Å². The van der Waals surface area contributed by atoms with Crippen LogP contribution in [0.1, 0.15) is 5.56 Å². The normalized spacial score (nSPS) is 10.9. The minimum atomic E-state index is -0.392. The largest absolute Gasteiger partial charge is 0.354 e. The minimum Gasteiger partial charge on any atom is -0.354 e. The number of anilines is 2. The summed E-state index contributed by atoms with van der Waals surface area (Å²) in [6.45, 7) is 2.08. The Morgan fingerprint density at radius 3 is 2.52 bits per heavy atom. The van der Waals surface area contributed by atoms with Crippen LogP contribution in [-0.4, -0.2) is 16.2 Å². The number of hydrogen-bond acceptors (Lipinski definition) is 5. The van der Waals surface area contributed by atoms with Gasteiger partial charge < -0.3 is 9.84 Å². The number of nitrogens with one attached hydrogen (secondary N) is 2. The highest BCUT2D eigenvalue weighted by Crippen LogP contribution is 2.31. The van der Waals surface area contributed by atoms with Crippen LogP contribution < -0.4 is 10.6 Å². The number of rotatable bonds is 4. The molecule has 0 fully saturated rings. The zero-order chi connectivity index (χ0) is 21.2. The van der Waals surface area contributed by atoms with E-state index in [2.05, 4.69) is 34.8 Å². The molecule has 7 heteroatoms. The molecule has 31 heavy (non-hydrogen) atoms. The number of urea groups is 1. The van der Waals surface area contributed by atoms with Gasteiger partial charge in [-0.1, -0.05) is 41.6 Å². The molecule has 0 bridgehead atoms. The zero-order valence-corrected chi connectivity index (χ0v) is 17.4. The molecule has 2 heterocycles. The van der Waals surface area contributed by atoms with Crippen molar-refractivity contribution in [2.24, 2.45) is 0 Å². The molecule has 5 rings (SSSR count). The zero-order valence-electron chi connectivity index (χ0n) is 16.6. The highest BCUT2D eigenvalue weighted by molar-refractivity contribution is 7.21. The molecule has 0 saturated carbocycles. The molecule has 0 unspecified atom stereocenters. The number of thiazole rings is 1. The van der Waals surface area contributed by atoms with E-state index in [0.717, 1.165) is 21.7 Å². The number of aromatic nitrogens is 2. The van der Waals surface area contributed by atoms with Crippen molar-refractivity contribution in [3.8, 4) is 21.9 Å². The maximum absolute atomic E-state index is 12.3. The van der Waals surface area contributed by atoms with Crippen molar-refractivity contribution in [1.29, 1.82) is 0 Å². The molecule has 0 aliphatic carbocycles. The summed E-state index contributed by atoms with van der Waals surface area (Å²) < 4.78 is 6.47. The molecular weight excluding hydrogens is 408 g/mol. The van der Waals surface area contributed by atoms with E-state index in [9.17, 15) is 4.79 Å². The second kappa shape index (κ2) is 8.04. The van der Waals surface area contributed by atoms with Crippen molar-refractivity contribution in [2.45, 2.75) is 6.92 Å². The van der Waals surface area contributed by atoms with Crippen LogP contribution in [0.15, 0.2) is 83.4 Å². The summed E-state index contributed by atoms with van der Waals surface area (Å²) in [5.41, 5.74) is 4.79. The first-order valence-corrected chi connectivity index (χ1v) is 10.5. The van der Waals surface area contributed by atoms with Crippen LogP contribution in [0, 0.1) is 6.92 Å². The smallest absolute Gasteiger partial charge is 0.324 e. The molecule has 0 saturated heterocycles. The van der Waals surface area contributed by atoms with E-state index in [1.165, 1.54) is 10.3 Å². The van der Waals surface area contributed by atoms with Gasteiger partial charge in [-0.15, -0.1) is 11.3 Å². The van der Waals surface area contributed by atoms with Gasteiger partial charge in [-0.2, -0.15) is 0 Å². The van der Waals surface area contributed by atoms with E-state index < -0.39 is 6.03 Å². The summed E-state index contributed by atoms with van der Waals surface area (Å²) in [6, 6.07) is 24.7. The molecular formula is C24H18N4O2S. The fraction of sp³-hybridized carbons (Fsp3) is 0.0417. The number of hydrogen-bond donors (Lipinski definition) is 2. The van der Waals surface area contributed by atoms with E-state index in [1.54, 1.807) is 17.4 Å². The quantitative estimate of drug-likeness (QED) is 0.340. The van der Waals surface area contributed by atoms with Gasteiger partial charge >= 0.3 is 6.03 Å². The Bertz CT molecular complexity index is 1360. The third kappa shape index (κ3) is 4.17. The van der Waals surface area contributed by atoms with E-state index in [1.807, 2.05) is 60.7 Å². The van der Waals surface area contributed by atoms with Gasteiger partial charge in [0.15, 0.2) is 11.6 Å². The van der Waals surface area contributed by atoms with Gasteiger partial charge in [0.1, 0.15) is 5.01 Å². The SMILES string of the molecule is Cc1ccc2nc(-c3ccc(NC(=O)Nc4cc(-c5ccccc5)on4)cc3)sc2c1. The first kappa shape index (κ1) is 19.0. The molecule has 2 N–H and O–H groups in total. The predicted octanol–water partition coefficient (Wildman–Crippen LogP) is 6.57. The summed E-state index contributed by atoms with van der Waals surface area (Å²) in [5, 5.41) is 10.3. The molecule has 0 spiro atoms. The molecule has 0 aliphatic heterocycles. The summed E-state index contributed by atoms with van der Waals surface area (Å²) in [7, 11) is 0. The van der Waals surface area contributed by atoms with Crippen molar-refractivity contribution in [2.75, 3.05) is 10.6 Å². The second-order valence-corrected chi connectivity index (χ2v) is 8.12. The summed E-state index contributed by atoms with van der Waals surface area (Å²) in [5.74, 6) is 0.934. The molecule has 5 aromatic rings. The molecule has 152 valence electrons. The Kier molecular flexibility index (Phi) is 4.93. The maximum atomic E-state index is 12.3. The summed E-state index contributed by atoms with van der Waals surface area (Å²) >= 11 is 1.66. The van der Waals surface area contributed by atoms with Gasteiger partial charge in [0.25, 0.3) is 0 Å². The Morgan fingerprint density at radius 1 is 0.903 bits per heavy atom. The lowest BCUT2D eigenvalue weighted by Gasteiger charge is -2.05. The fourth-order valence-electron chi connectivity index (χ4n) is 3.20. The number of carbonyl (C=O) groups is 1. The Labute approximate surface area is 182 Å². The highest BCUT2D eigenvalue weighted by Gasteiger charge is 2.11. The third-order valence-electron chi connectivity index (χ3n) is 4.74. The van der Waals surface area contributed by atoms with Crippen LogP contribution in [0.25, 0.3) is 32.1 Å². The number of amides is 2. The third-order valence-corrected chi connectivity index (χ3v) is 5.81. The van der Waals surface area contributed by atoms with Crippen LogP contribution in [0.5, 0.6) is 0 Å². The van der Waals surface area contributed by atoms with E-state index in [4.69, 9.17) is 9.51 Å². The molecule has 0 atom stereocenters. The van der Waals surface area contributed by atoms with Crippen molar-refractivity contribution in [3.05, 3.63) is 84.4 Å². The van der Waals surface area contributed by atoms with Crippen LogP contribution >= 0.6 is 11.3 Å². The number of aryl methyl sites for hydroxylation is 1. The van der Waals surface area contributed by atoms with Gasteiger partial charge in [0.2, 0.25) is 0 Å². The molecule has 0 radical (unpaired) electrons. The lowest BCUT2D eigenvalue weighted by molar-refractivity contribution is 0.262. The number of carbonyl (C=O) groups excluding carboxylic acids is 1. The van der Waals surface area contributed by atoms with Gasteiger partial charge in [-0.25, -0.2) is 9.78 Å². The molecule has 2 amide bonds. The first-order valence-electron chi connectivity index (χ1n) is 9.72. The Morgan fingerprint density at radius 2 is 1.71 bits per heavy atom. The highest BCUT2D eigenvalue weighted by atomic mass is 32.1. The number of fused-ring (bicyclic) bond motifs is 1. The van der Waals surface area contributed by atoms with Crippen LogP contribution in [0.2, 0.25) is 0 Å². The van der Waals surface area contributed by atoms with Crippen molar-refractivity contribution in [3.63, 3.8) is 0 Å². The van der Waals surface area contributed by atoms with Crippen molar-refractivity contribution in [1.82, 2.24) is 10.1 Å². The maximum Gasteiger partial charge on any atom is 0.324 e. The van der Waals surface area contributed by atoms with Crippen molar-refractivity contribution >= 4 is 39.1 Å². The molecule has 3 aromatic carbocycles. The van der Waals surface area contributed by atoms with Crippen LogP contribution in [0.4, 0.5) is 16.3 Å². The predicted molar refractivity (Wildman–Crippen MR) is 124 cm³/mol. The first-order chi connectivity index (χ1) is 15.1. The standard InChI is InChI=1S/C24H18N4O2S/c1-15-7-12-19-21(13-15)31-23(26-19)17-8-10-18(11-9-17)25-24(29)27-22-14-20(30-28-22)16-5-3-2-4-6-16/h2-14H,1H3,(H2,25,27,28,29). The van der Waals surface area contributed by atoms with E-state index in [0.29, 0.717) is 17.3 Å². The molecule has 0 aliphatic rings. The lowest BCUT2D eigenvalue weighted by atomic mass is 10.2. The molecule has 2 aromatic heterocycles. The average molecular weight is 427 g/mol. The average Bonchev–Trinajstić information content (AvgIpc) is 3.41. The number of nitrogens with zero attached hydrogens (tertiary/aromatic N) is 2. The van der Waals surface area contributed by atoms with Crippen molar-refractivity contribution < 1.29 is 9.32 Å². The fourth-order valence-corrected chi connectivity index (χ4v) is 4.27. The van der Waals surface area contributed by atoms with E-state index >= 15 is 0 Å². The molecule has 6 nitrogen and oxygen atoms in total. The summed E-state index contributed by atoms with van der Waals surface area (Å²) in [6.07, 6.45) is 0. The lowest BCUT2D eigenvalue weighted by Crippen LogP contribution is -2.19. The van der Waals surface area contributed by atoms with Crippen LogP contribution in [0.3, 0.4) is 0 Å². The topological polar surface area (TPSA) is 80.0 Å².